The van der Waals surface area contributed by atoms with Gasteiger partial charge in [0.15, 0.2) is 6.10 Å². The van der Waals surface area contributed by atoms with Crippen molar-refractivity contribution >= 4 is 26.0 Å². The maximum Gasteiger partial charge on any atom is 0.505 e. The van der Waals surface area contributed by atoms with Crippen LogP contribution in [-0.4, -0.2) is 73.4 Å². The average molecular weight is 325 g/mol. The molecule has 3 N–H and O–H groups in total. The Morgan fingerprint density at radius 3 is 2.86 bits per heavy atom. The number of hydrogen-bond acceptors (Lipinski definition) is 6. The molecule has 3 aliphatic rings. The number of aliphatic hydroxyl groups excluding tert-OH is 1. The summed E-state index contributed by atoms with van der Waals surface area (Å²) in [5, 5.41) is 9.98. The number of halogens is 1. The molecule has 0 aromatic heterocycles. The highest BCUT2D eigenvalue weighted by atomic mass is 31.2. The third-order valence-corrected chi connectivity index (χ3v) is 4.03. The SMILES string of the molecule is O=C1CC=[N+]2C(=O)N1C1(F)C(O)[C@H](COP(=O)(O)O)O[C@H]21. The van der Waals surface area contributed by atoms with Crippen molar-refractivity contribution in [3.63, 3.8) is 0 Å². The number of rotatable bonds is 3. The number of phosphoric ester groups is 1. The van der Waals surface area contributed by atoms with Crippen molar-refractivity contribution in [3.05, 3.63) is 0 Å². The molecule has 0 spiro atoms. The molecule has 0 aromatic carbocycles. The summed E-state index contributed by atoms with van der Waals surface area (Å²) in [6, 6.07) is -0.952. The predicted octanol–water partition coefficient (Wildman–Crippen LogP) is -1.70. The molecule has 2 bridgehead atoms. The Balaban J connectivity index is 1.89. The number of aliphatic hydroxyl groups is 1. The molecule has 10 nitrogen and oxygen atoms in total. The van der Waals surface area contributed by atoms with Gasteiger partial charge in [-0.15, -0.1) is 4.90 Å². The molecule has 12 heteroatoms. The van der Waals surface area contributed by atoms with E-state index in [9.17, 15) is 19.3 Å². The Hall–Kier alpha value is -1.23. The third kappa shape index (κ3) is 1.97. The molecule has 4 atom stereocenters. The van der Waals surface area contributed by atoms with Crippen LogP contribution in [0.1, 0.15) is 6.42 Å². The van der Waals surface area contributed by atoms with Gasteiger partial charge in [-0.25, -0.2) is 9.36 Å². The Kier molecular flexibility index (Phi) is 3.07. The van der Waals surface area contributed by atoms with E-state index in [4.69, 9.17) is 14.5 Å². The van der Waals surface area contributed by atoms with Crippen LogP contribution in [0.15, 0.2) is 0 Å². The summed E-state index contributed by atoms with van der Waals surface area (Å²) in [4.78, 5) is 40.9. The number of imide groups is 1. The highest BCUT2D eigenvalue weighted by molar-refractivity contribution is 7.46. The number of carbonyl (C=O) groups excluding carboxylic acids is 2. The molecule has 2 saturated heterocycles. The minimum atomic E-state index is -4.83. The lowest BCUT2D eigenvalue weighted by molar-refractivity contribution is -0.520. The van der Waals surface area contributed by atoms with E-state index in [0.29, 0.717) is 0 Å². The van der Waals surface area contributed by atoms with Crippen LogP contribution in [0.2, 0.25) is 0 Å². The predicted molar refractivity (Wildman–Crippen MR) is 59.7 cm³/mol. The van der Waals surface area contributed by atoms with Gasteiger partial charge in [0.2, 0.25) is 0 Å². The van der Waals surface area contributed by atoms with E-state index >= 15 is 4.39 Å². The summed E-state index contributed by atoms with van der Waals surface area (Å²) in [6.07, 6.45) is -4.07. The first-order valence-corrected chi connectivity index (χ1v) is 7.40. The van der Waals surface area contributed by atoms with E-state index in [1.807, 2.05) is 0 Å². The number of nitrogens with zero attached hydrogens (tertiary/aromatic N) is 2. The number of alkyl halides is 1. The lowest BCUT2D eigenvalue weighted by atomic mass is 10.1. The Morgan fingerprint density at radius 1 is 1.57 bits per heavy atom. The van der Waals surface area contributed by atoms with Crippen molar-refractivity contribution in [2.24, 2.45) is 0 Å². The van der Waals surface area contributed by atoms with E-state index in [1.165, 1.54) is 0 Å². The smallest absolute Gasteiger partial charge is 0.382 e. The quantitative estimate of drug-likeness (QED) is 0.317. The number of carbonyl (C=O) groups is 2. The molecule has 3 rings (SSSR count). The van der Waals surface area contributed by atoms with Crippen molar-refractivity contribution in [1.29, 1.82) is 0 Å². The lowest BCUT2D eigenvalue weighted by Gasteiger charge is -2.23. The summed E-state index contributed by atoms with van der Waals surface area (Å²) in [6.45, 7) is -0.794. The van der Waals surface area contributed by atoms with Gasteiger partial charge in [0.1, 0.15) is 12.5 Å². The number of amides is 3. The zero-order valence-electron chi connectivity index (χ0n) is 10.3. The van der Waals surface area contributed by atoms with Crippen molar-refractivity contribution in [2.45, 2.75) is 30.6 Å². The average Bonchev–Trinajstić information content (AvgIpc) is 2.68. The molecule has 0 aromatic rings. The van der Waals surface area contributed by atoms with E-state index < -0.39 is 50.6 Å². The largest absolute Gasteiger partial charge is 0.505 e. The molecule has 2 fully saturated rings. The molecule has 3 amide bonds. The Morgan fingerprint density at radius 2 is 2.24 bits per heavy atom. The van der Waals surface area contributed by atoms with E-state index in [1.54, 1.807) is 0 Å². The first kappa shape index (κ1) is 14.7. The van der Waals surface area contributed by atoms with Crippen LogP contribution < -0.4 is 0 Å². The summed E-state index contributed by atoms with van der Waals surface area (Å²) in [5.74, 6) is -3.65. The van der Waals surface area contributed by atoms with Crippen LogP contribution in [0.4, 0.5) is 9.18 Å². The van der Waals surface area contributed by atoms with Gasteiger partial charge in [0, 0.05) is 0 Å². The fourth-order valence-electron chi connectivity index (χ4n) is 2.65. The summed E-state index contributed by atoms with van der Waals surface area (Å²) < 4.78 is 35.8. The third-order valence-electron chi connectivity index (χ3n) is 3.54. The van der Waals surface area contributed by atoms with Gasteiger partial charge in [-0.05, 0) is 0 Å². The molecule has 3 aliphatic heterocycles. The normalized spacial score (nSPS) is 38.8. The van der Waals surface area contributed by atoms with Gasteiger partial charge in [-0.2, -0.15) is 13.8 Å². The van der Waals surface area contributed by atoms with Crippen molar-refractivity contribution < 1.29 is 47.3 Å². The van der Waals surface area contributed by atoms with Gasteiger partial charge >= 0.3 is 25.6 Å². The molecule has 0 saturated carbocycles. The fourth-order valence-corrected chi connectivity index (χ4v) is 2.99. The van der Waals surface area contributed by atoms with Gasteiger partial charge in [-0.1, -0.05) is 0 Å². The second kappa shape index (κ2) is 4.38. The molecule has 116 valence electrons. The van der Waals surface area contributed by atoms with E-state index in [2.05, 4.69) is 4.52 Å². The van der Waals surface area contributed by atoms with Gasteiger partial charge in [0.05, 0.1) is 12.8 Å². The molecule has 2 unspecified atom stereocenters. The van der Waals surface area contributed by atoms with Crippen molar-refractivity contribution in [2.75, 3.05) is 6.61 Å². The van der Waals surface area contributed by atoms with Crippen molar-refractivity contribution in [3.8, 4) is 0 Å². The number of fused-ring (bicyclic) bond motifs is 5. The maximum absolute atomic E-state index is 15.0. The minimum absolute atomic E-state index is 0.215. The Bertz CT molecular complexity index is 605. The van der Waals surface area contributed by atoms with Gasteiger partial charge in [0.25, 0.3) is 6.23 Å². The lowest BCUT2D eigenvalue weighted by Crippen LogP contribution is -2.56. The molecule has 0 aliphatic carbocycles. The van der Waals surface area contributed by atoms with E-state index in [0.717, 1.165) is 10.8 Å². The van der Waals surface area contributed by atoms with Gasteiger partial charge in [-0.3, -0.25) is 4.52 Å². The van der Waals surface area contributed by atoms with Gasteiger partial charge < -0.3 is 19.6 Å². The minimum Gasteiger partial charge on any atom is -0.382 e. The van der Waals surface area contributed by atoms with Crippen LogP contribution in [-0.2, 0) is 18.6 Å². The number of hydrogen-bond donors (Lipinski definition) is 3. The first-order chi connectivity index (χ1) is 9.66. The topological polar surface area (TPSA) is 137 Å². The highest BCUT2D eigenvalue weighted by Gasteiger charge is 2.78. The molecular formula is C9H11FN2O8P+. The molecule has 0 radical (unpaired) electrons. The summed E-state index contributed by atoms with van der Waals surface area (Å²) in [5.41, 5.74) is 0. The number of ether oxygens (including phenoxy) is 1. The zero-order valence-corrected chi connectivity index (χ0v) is 11.2. The summed E-state index contributed by atoms with van der Waals surface area (Å²) >= 11 is 0. The molecular weight excluding hydrogens is 314 g/mol. The zero-order chi connectivity index (χ0) is 15.6. The standard InChI is InChI=1S/C9H10FN2O8P/c10-9-6(14)4(3-19-21(16,17)18)20-7(9)11-2-1-5(13)12(9)8(11)15/h2,4,6-7,14H,1,3H2,(H-,16,17,18)/p+1/t4-,6?,7-,9?/m0/s1. The molecule has 21 heavy (non-hydrogen) atoms. The van der Waals surface area contributed by atoms with Crippen LogP contribution in [0.25, 0.3) is 0 Å². The monoisotopic (exact) mass is 325 g/mol. The van der Waals surface area contributed by atoms with Crippen LogP contribution in [0.3, 0.4) is 0 Å². The summed E-state index contributed by atoms with van der Waals surface area (Å²) in [7, 11) is -4.83. The van der Waals surface area contributed by atoms with Crippen LogP contribution in [0, 0.1) is 0 Å². The second-order valence-corrected chi connectivity index (χ2v) is 6.03. The van der Waals surface area contributed by atoms with Crippen LogP contribution in [0.5, 0.6) is 0 Å². The van der Waals surface area contributed by atoms with Crippen molar-refractivity contribution in [1.82, 2.24) is 4.90 Å². The second-order valence-electron chi connectivity index (χ2n) is 4.79. The molecule has 3 heterocycles. The Labute approximate surface area is 116 Å². The first-order valence-electron chi connectivity index (χ1n) is 5.87. The maximum atomic E-state index is 15.0. The van der Waals surface area contributed by atoms with Crippen LogP contribution >= 0.6 is 7.82 Å². The fraction of sp³-hybridized carbons (Fsp3) is 0.667. The van der Waals surface area contributed by atoms with E-state index in [-0.39, 0.29) is 11.3 Å². The number of phosphoric acid groups is 1. The highest BCUT2D eigenvalue weighted by Crippen LogP contribution is 2.46. The number of urea groups is 1.